The lowest BCUT2D eigenvalue weighted by Crippen LogP contribution is -2.42. The molecular formula is C20H24ClNO2. The van der Waals surface area contributed by atoms with Gasteiger partial charge in [0.05, 0.1) is 0 Å². The zero-order chi connectivity index (χ0) is 18.0. The summed E-state index contributed by atoms with van der Waals surface area (Å²) >= 11 is 5.85. The fourth-order valence-electron chi connectivity index (χ4n) is 2.18. The second kappa shape index (κ2) is 6.86. The van der Waals surface area contributed by atoms with Crippen LogP contribution in [0.5, 0.6) is 5.75 Å². The Bertz CT molecular complexity index is 698. The highest BCUT2D eigenvalue weighted by Crippen LogP contribution is 2.26. The average molecular weight is 346 g/mol. The smallest absolute Gasteiger partial charge is 0.267 e. The number of rotatable bonds is 4. The molecule has 128 valence electrons. The molecule has 1 N–H and O–H groups in total. The van der Waals surface area contributed by atoms with Crippen molar-refractivity contribution in [2.75, 3.05) is 5.32 Å². The first kappa shape index (κ1) is 18.3. The molecule has 0 fully saturated rings. The number of benzene rings is 2. The molecule has 3 nitrogen and oxygen atoms in total. The van der Waals surface area contributed by atoms with Crippen molar-refractivity contribution in [3.63, 3.8) is 0 Å². The maximum Gasteiger partial charge on any atom is 0.267 e. The first-order valence-corrected chi connectivity index (χ1v) is 8.32. The van der Waals surface area contributed by atoms with Gasteiger partial charge in [0.15, 0.2) is 5.60 Å². The summed E-state index contributed by atoms with van der Waals surface area (Å²) in [6.07, 6.45) is 0. The van der Waals surface area contributed by atoms with Crippen molar-refractivity contribution in [1.82, 2.24) is 0 Å². The van der Waals surface area contributed by atoms with Crippen molar-refractivity contribution >= 4 is 23.2 Å². The number of hydrogen-bond acceptors (Lipinski definition) is 2. The van der Waals surface area contributed by atoms with Gasteiger partial charge in [0.25, 0.3) is 5.91 Å². The molecule has 0 aliphatic heterocycles. The highest BCUT2D eigenvalue weighted by Gasteiger charge is 2.30. The summed E-state index contributed by atoms with van der Waals surface area (Å²) in [5.74, 6) is 0.448. The van der Waals surface area contributed by atoms with Crippen LogP contribution in [0.4, 0.5) is 5.69 Å². The van der Waals surface area contributed by atoms with Gasteiger partial charge in [0.2, 0.25) is 0 Å². The second-order valence-corrected chi connectivity index (χ2v) is 7.78. The van der Waals surface area contributed by atoms with Gasteiger partial charge >= 0.3 is 0 Å². The Labute approximate surface area is 149 Å². The van der Waals surface area contributed by atoms with Crippen molar-refractivity contribution in [2.24, 2.45) is 0 Å². The molecule has 24 heavy (non-hydrogen) atoms. The van der Waals surface area contributed by atoms with E-state index in [0.29, 0.717) is 16.5 Å². The van der Waals surface area contributed by atoms with Crippen LogP contribution in [0.2, 0.25) is 5.02 Å². The molecule has 0 heterocycles. The summed E-state index contributed by atoms with van der Waals surface area (Å²) in [7, 11) is 0. The first-order chi connectivity index (χ1) is 11.1. The minimum absolute atomic E-state index is 0.0833. The molecule has 0 aliphatic carbocycles. The van der Waals surface area contributed by atoms with Crippen LogP contribution in [0.15, 0.2) is 48.5 Å². The number of carbonyl (C=O) groups is 1. The molecule has 1 amide bonds. The van der Waals surface area contributed by atoms with Gasteiger partial charge in [0, 0.05) is 10.7 Å². The van der Waals surface area contributed by atoms with Gasteiger partial charge in [-0.2, -0.15) is 0 Å². The molecular weight excluding hydrogens is 322 g/mol. The van der Waals surface area contributed by atoms with Crippen molar-refractivity contribution in [1.29, 1.82) is 0 Å². The third kappa shape index (κ3) is 4.75. The quantitative estimate of drug-likeness (QED) is 0.801. The third-order valence-corrected chi connectivity index (χ3v) is 3.99. The molecule has 0 saturated carbocycles. The van der Waals surface area contributed by atoms with Crippen molar-refractivity contribution < 1.29 is 9.53 Å². The molecule has 0 aliphatic rings. The molecule has 0 saturated heterocycles. The molecule has 0 radical (unpaired) electrons. The van der Waals surface area contributed by atoms with Crippen LogP contribution in [0.25, 0.3) is 0 Å². The average Bonchev–Trinajstić information content (AvgIpc) is 2.48. The third-order valence-electron chi connectivity index (χ3n) is 3.74. The fraction of sp³-hybridized carbons (Fsp3) is 0.350. The summed E-state index contributed by atoms with van der Waals surface area (Å²) < 4.78 is 5.89. The molecule has 0 bridgehead atoms. The molecule has 0 unspecified atom stereocenters. The molecule has 2 aromatic rings. The Morgan fingerprint density at radius 3 is 1.96 bits per heavy atom. The number of hydrogen-bond donors (Lipinski definition) is 1. The number of anilines is 1. The van der Waals surface area contributed by atoms with Gasteiger partial charge in [-0.1, -0.05) is 44.5 Å². The molecule has 4 heteroatoms. The van der Waals surface area contributed by atoms with Crippen LogP contribution in [0, 0.1) is 0 Å². The van der Waals surface area contributed by atoms with E-state index in [2.05, 4.69) is 26.1 Å². The predicted octanol–water partition coefficient (Wildman–Crippen LogP) is 5.43. The van der Waals surface area contributed by atoms with Crippen molar-refractivity contribution in [3.8, 4) is 5.75 Å². The van der Waals surface area contributed by atoms with E-state index in [9.17, 15) is 4.79 Å². The Morgan fingerprint density at radius 2 is 1.46 bits per heavy atom. The monoisotopic (exact) mass is 345 g/mol. The Kier molecular flexibility index (Phi) is 5.24. The maximum atomic E-state index is 12.5. The van der Waals surface area contributed by atoms with Crippen LogP contribution in [-0.4, -0.2) is 11.5 Å². The molecule has 0 aromatic heterocycles. The molecule has 2 aromatic carbocycles. The van der Waals surface area contributed by atoms with Gasteiger partial charge < -0.3 is 10.1 Å². The lowest BCUT2D eigenvalue weighted by atomic mass is 9.87. The minimum atomic E-state index is -0.997. The van der Waals surface area contributed by atoms with Crippen LogP contribution in [-0.2, 0) is 10.2 Å². The van der Waals surface area contributed by atoms with Gasteiger partial charge in [-0.3, -0.25) is 4.79 Å². The largest absolute Gasteiger partial charge is 0.478 e. The van der Waals surface area contributed by atoms with Crippen molar-refractivity contribution in [2.45, 2.75) is 45.6 Å². The zero-order valence-electron chi connectivity index (χ0n) is 14.8. The Morgan fingerprint density at radius 1 is 0.917 bits per heavy atom. The van der Waals surface area contributed by atoms with E-state index in [1.165, 1.54) is 5.56 Å². The molecule has 0 atom stereocenters. The fourth-order valence-corrected chi connectivity index (χ4v) is 2.30. The van der Waals surface area contributed by atoms with E-state index in [1.54, 1.807) is 38.1 Å². The summed E-state index contributed by atoms with van der Waals surface area (Å²) in [6, 6.07) is 14.8. The Hall–Kier alpha value is -2.00. The SMILES string of the molecule is CC(C)(Oc1ccc(C(C)(C)C)cc1)C(=O)Nc1ccc(Cl)cc1. The number of amides is 1. The van der Waals surface area contributed by atoms with Crippen LogP contribution in [0.3, 0.4) is 0 Å². The number of nitrogens with one attached hydrogen (secondary N) is 1. The highest BCUT2D eigenvalue weighted by molar-refractivity contribution is 6.30. The van der Waals surface area contributed by atoms with Crippen LogP contribution in [0.1, 0.15) is 40.2 Å². The Balaban J connectivity index is 2.06. The topological polar surface area (TPSA) is 38.3 Å². The van der Waals surface area contributed by atoms with Crippen LogP contribution >= 0.6 is 11.6 Å². The normalized spacial score (nSPS) is 11.9. The first-order valence-electron chi connectivity index (χ1n) is 7.94. The standard InChI is InChI=1S/C20H24ClNO2/c1-19(2,3)14-6-12-17(13-7-14)24-20(4,5)18(23)22-16-10-8-15(21)9-11-16/h6-13H,1-5H3,(H,22,23). The van der Waals surface area contributed by atoms with E-state index < -0.39 is 5.60 Å². The zero-order valence-corrected chi connectivity index (χ0v) is 15.6. The van der Waals surface area contributed by atoms with E-state index in [1.807, 2.05) is 24.3 Å². The van der Waals surface area contributed by atoms with Gasteiger partial charge in [-0.25, -0.2) is 0 Å². The van der Waals surface area contributed by atoms with E-state index in [-0.39, 0.29) is 11.3 Å². The summed E-state index contributed by atoms with van der Waals surface area (Å²) in [4.78, 5) is 12.5. The summed E-state index contributed by atoms with van der Waals surface area (Å²) in [6.45, 7) is 9.97. The number of halogens is 1. The number of ether oxygens (including phenoxy) is 1. The minimum Gasteiger partial charge on any atom is -0.478 e. The maximum absolute atomic E-state index is 12.5. The number of carbonyl (C=O) groups excluding carboxylic acids is 1. The van der Waals surface area contributed by atoms with Crippen molar-refractivity contribution in [3.05, 3.63) is 59.1 Å². The van der Waals surface area contributed by atoms with E-state index in [0.717, 1.165) is 0 Å². The lowest BCUT2D eigenvalue weighted by molar-refractivity contribution is -0.128. The van der Waals surface area contributed by atoms with E-state index >= 15 is 0 Å². The summed E-state index contributed by atoms with van der Waals surface area (Å²) in [5, 5.41) is 3.47. The highest BCUT2D eigenvalue weighted by atomic mass is 35.5. The molecule has 2 rings (SSSR count). The van der Waals surface area contributed by atoms with Gasteiger partial charge in [-0.05, 0) is 61.2 Å². The summed E-state index contributed by atoms with van der Waals surface area (Å²) in [5.41, 5.74) is 0.991. The van der Waals surface area contributed by atoms with E-state index in [4.69, 9.17) is 16.3 Å². The second-order valence-electron chi connectivity index (χ2n) is 7.35. The van der Waals surface area contributed by atoms with Gasteiger partial charge in [0.1, 0.15) is 5.75 Å². The predicted molar refractivity (Wildman–Crippen MR) is 99.9 cm³/mol. The lowest BCUT2D eigenvalue weighted by Gasteiger charge is -2.26. The molecule has 0 spiro atoms. The van der Waals surface area contributed by atoms with Gasteiger partial charge in [-0.15, -0.1) is 0 Å². The van der Waals surface area contributed by atoms with Crippen LogP contribution < -0.4 is 10.1 Å².